The van der Waals surface area contributed by atoms with Crippen molar-refractivity contribution < 1.29 is 0 Å². The van der Waals surface area contributed by atoms with Gasteiger partial charge in [-0.2, -0.15) is 0 Å². The Hall–Kier alpha value is -0.0400. The zero-order valence-corrected chi connectivity index (χ0v) is 8.60. The van der Waals surface area contributed by atoms with Gasteiger partial charge in [-0.05, 0) is 31.3 Å². The number of hydrogen-bond donors (Lipinski definition) is 1. The molecule has 1 aliphatic carbocycles. The van der Waals surface area contributed by atoms with Crippen LogP contribution in [0.15, 0.2) is 0 Å². The van der Waals surface area contributed by atoms with Crippen molar-refractivity contribution in [2.24, 2.45) is 11.8 Å². The van der Waals surface area contributed by atoms with Crippen molar-refractivity contribution in [3.63, 3.8) is 0 Å². The van der Waals surface area contributed by atoms with E-state index in [4.69, 9.17) is 0 Å². The van der Waals surface area contributed by atoms with Crippen LogP contribution in [0.25, 0.3) is 0 Å². The first-order valence-corrected chi connectivity index (χ1v) is 5.55. The lowest BCUT2D eigenvalue weighted by molar-refractivity contribution is 0.341. The summed E-state index contributed by atoms with van der Waals surface area (Å²) in [5.41, 5.74) is 0. The highest BCUT2D eigenvalue weighted by Gasteiger charge is 2.20. The van der Waals surface area contributed by atoms with Crippen LogP contribution in [0.3, 0.4) is 0 Å². The molecular formula is C11H23N. The summed E-state index contributed by atoms with van der Waals surface area (Å²) in [4.78, 5) is 0. The summed E-state index contributed by atoms with van der Waals surface area (Å²) in [5, 5.41) is 3.40. The molecule has 1 nitrogen and oxygen atoms in total. The molecule has 0 saturated heterocycles. The van der Waals surface area contributed by atoms with Gasteiger partial charge in [0.2, 0.25) is 0 Å². The standard InChI is InChI=1S/C11H23N/c1-3-12-9-8-10(2)11-6-4-5-7-11/h10-12H,3-9H2,1-2H3. The first-order chi connectivity index (χ1) is 5.84. The first kappa shape index (κ1) is 10.0. The van der Waals surface area contributed by atoms with Crippen LogP contribution in [0, 0.1) is 11.8 Å². The molecule has 0 aromatic carbocycles. The Kier molecular flexibility index (Phi) is 4.67. The molecule has 1 unspecified atom stereocenters. The van der Waals surface area contributed by atoms with Gasteiger partial charge in [-0.1, -0.05) is 39.5 Å². The van der Waals surface area contributed by atoms with Crippen LogP contribution in [0.4, 0.5) is 0 Å². The highest BCUT2D eigenvalue weighted by Crippen LogP contribution is 2.32. The molecular weight excluding hydrogens is 146 g/mol. The van der Waals surface area contributed by atoms with Gasteiger partial charge in [0.1, 0.15) is 0 Å². The van der Waals surface area contributed by atoms with Gasteiger partial charge in [-0.3, -0.25) is 0 Å². The predicted octanol–water partition coefficient (Wildman–Crippen LogP) is 2.81. The van der Waals surface area contributed by atoms with Gasteiger partial charge >= 0.3 is 0 Å². The molecule has 0 radical (unpaired) electrons. The average molecular weight is 169 g/mol. The Labute approximate surface area is 76.9 Å². The SMILES string of the molecule is CCNCCC(C)C1CCCC1. The maximum absolute atomic E-state index is 3.40. The van der Waals surface area contributed by atoms with E-state index in [-0.39, 0.29) is 0 Å². The highest BCUT2D eigenvalue weighted by molar-refractivity contribution is 4.72. The minimum atomic E-state index is 0.951. The summed E-state index contributed by atoms with van der Waals surface area (Å²) in [6, 6.07) is 0. The highest BCUT2D eigenvalue weighted by atomic mass is 14.8. The topological polar surface area (TPSA) is 12.0 Å². The third-order valence-electron chi connectivity index (χ3n) is 3.23. The van der Waals surface area contributed by atoms with Crippen LogP contribution < -0.4 is 5.32 Å². The number of hydrogen-bond acceptors (Lipinski definition) is 1. The van der Waals surface area contributed by atoms with E-state index in [0.29, 0.717) is 0 Å². The summed E-state index contributed by atoms with van der Waals surface area (Å²) in [6.07, 6.45) is 7.32. The molecule has 0 heterocycles. The van der Waals surface area contributed by atoms with E-state index in [9.17, 15) is 0 Å². The summed E-state index contributed by atoms with van der Waals surface area (Å²) in [6.45, 7) is 6.94. The Morgan fingerprint density at radius 3 is 2.58 bits per heavy atom. The molecule has 1 aliphatic rings. The second-order valence-electron chi connectivity index (χ2n) is 4.16. The second kappa shape index (κ2) is 5.58. The molecule has 0 aliphatic heterocycles. The van der Waals surface area contributed by atoms with E-state index in [0.717, 1.165) is 18.4 Å². The minimum Gasteiger partial charge on any atom is -0.317 e. The Morgan fingerprint density at radius 2 is 2.00 bits per heavy atom. The zero-order chi connectivity index (χ0) is 8.81. The van der Waals surface area contributed by atoms with Gasteiger partial charge in [0.25, 0.3) is 0 Å². The fourth-order valence-electron chi connectivity index (χ4n) is 2.27. The molecule has 0 spiro atoms. The molecule has 1 fully saturated rings. The summed E-state index contributed by atoms with van der Waals surface area (Å²) in [5.74, 6) is 2.00. The Balaban J connectivity index is 2.05. The van der Waals surface area contributed by atoms with Gasteiger partial charge in [-0.15, -0.1) is 0 Å². The minimum absolute atomic E-state index is 0.951. The van der Waals surface area contributed by atoms with E-state index in [1.807, 2.05) is 0 Å². The lowest BCUT2D eigenvalue weighted by Gasteiger charge is -2.18. The van der Waals surface area contributed by atoms with Crippen molar-refractivity contribution in [1.29, 1.82) is 0 Å². The van der Waals surface area contributed by atoms with Gasteiger partial charge in [0.15, 0.2) is 0 Å². The third kappa shape index (κ3) is 3.14. The summed E-state index contributed by atoms with van der Waals surface area (Å²) >= 11 is 0. The largest absolute Gasteiger partial charge is 0.317 e. The Bertz CT molecular complexity index is 106. The molecule has 0 aromatic rings. The normalized spacial score (nSPS) is 21.5. The van der Waals surface area contributed by atoms with Gasteiger partial charge < -0.3 is 5.32 Å². The van der Waals surface area contributed by atoms with Gasteiger partial charge in [0, 0.05) is 0 Å². The van der Waals surface area contributed by atoms with Crippen molar-refractivity contribution in [3.8, 4) is 0 Å². The molecule has 12 heavy (non-hydrogen) atoms. The number of rotatable bonds is 5. The van der Waals surface area contributed by atoms with Crippen LogP contribution >= 0.6 is 0 Å². The molecule has 1 saturated carbocycles. The van der Waals surface area contributed by atoms with Crippen molar-refractivity contribution in [1.82, 2.24) is 5.32 Å². The van der Waals surface area contributed by atoms with Crippen LogP contribution in [-0.4, -0.2) is 13.1 Å². The third-order valence-corrected chi connectivity index (χ3v) is 3.23. The first-order valence-electron chi connectivity index (χ1n) is 5.55. The van der Waals surface area contributed by atoms with Crippen molar-refractivity contribution >= 4 is 0 Å². The molecule has 1 atom stereocenters. The molecule has 72 valence electrons. The number of nitrogens with one attached hydrogen (secondary N) is 1. The maximum atomic E-state index is 3.40. The fraction of sp³-hybridized carbons (Fsp3) is 1.00. The monoisotopic (exact) mass is 169 g/mol. The van der Waals surface area contributed by atoms with Crippen molar-refractivity contribution in [2.45, 2.75) is 46.0 Å². The molecule has 0 bridgehead atoms. The molecule has 0 amide bonds. The van der Waals surface area contributed by atoms with Gasteiger partial charge in [0.05, 0.1) is 0 Å². The fourth-order valence-corrected chi connectivity index (χ4v) is 2.27. The Morgan fingerprint density at radius 1 is 1.33 bits per heavy atom. The average Bonchev–Trinajstić information content (AvgIpc) is 2.56. The maximum Gasteiger partial charge on any atom is -0.00464 e. The lowest BCUT2D eigenvalue weighted by atomic mass is 9.90. The lowest BCUT2D eigenvalue weighted by Crippen LogP contribution is -2.19. The molecule has 1 rings (SSSR count). The molecule has 1 N–H and O–H groups in total. The summed E-state index contributed by atoms with van der Waals surface area (Å²) in [7, 11) is 0. The van der Waals surface area contributed by atoms with E-state index < -0.39 is 0 Å². The van der Waals surface area contributed by atoms with Crippen LogP contribution in [0.2, 0.25) is 0 Å². The van der Waals surface area contributed by atoms with Crippen molar-refractivity contribution in [2.75, 3.05) is 13.1 Å². The summed E-state index contributed by atoms with van der Waals surface area (Å²) < 4.78 is 0. The van der Waals surface area contributed by atoms with Crippen LogP contribution in [0.5, 0.6) is 0 Å². The smallest absolute Gasteiger partial charge is 0.00464 e. The molecule has 1 heteroatoms. The quantitative estimate of drug-likeness (QED) is 0.624. The van der Waals surface area contributed by atoms with Crippen molar-refractivity contribution in [3.05, 3.63) is 0 Å². The zero-order valence-electron chi connectivity index (χ0n) is 8.60. The second-order valence-corrected chi connectivity index (χ2v) is 4.16. The van der Waals surface area contributed by atoms with Gasteiger partial charge in [-0.25, -0.2) is 0 Å². The van der Waals surface area contributed by atoms with E-state index >= 15 is 0 Å². The molecule has 0 aromatic heterocycles. The van der Waals surface area contributed by atoms with E-state index in [2.05, 4.69) is 19.2 Å². The van der Waals surface area contributed by atoms with Crippen LogP contribution in [0.1, 0.15) is 46.0 Å². The predicted molar refractivity (Wildman–Crippen MR) is 54.3 cm³/mol. The van der Waals surface area contributed by atoms with E-state index in [1.165, 1.54) is 38.6 Å². The van der Waals surface area contributed by atoms with Crippen LogP contribution in [-0.2, 0) is 0 Å². The van der Waals surface area contributed by atoms with E-state index in [1.54, 1.807) is 0 Å².